The van der Waals surface area contributed by atoms with E-state index in [0.717, 1.165) is 24.5 Å². The maximum atomic E-state index is 5.69. The van der Waals surface area contributed by atoms with Gasteiger partial charge in [0.2, 0.25) is 12.2 Å². The van der Waals surface area contributed by atoms with Gasteiger partial charge in [0.25, 0.3) is 0 Å². The van der Waals surface area contributed by atoms with Gasteiger partial charge in [-0.05, 0) is 25.1 Å². The van der Waals surface area contributed by atoms with E-state index in [2.05, 4.69) is 26.9 Å². The second-order valence-electron chi connectivity index (χ2n) is 4.65. The van der Waals surface area contributed by atoms with E-state index in [0.29, 0.717) is 12.4 Å². The Morgan fingerprint density at radius 1 is 1.45 bits per heavy atom. The Hall–Kier alpha value is -2.08. The van der Waals surface area contributed by atoms with Crippen molar-refractivity contribution in [3.8, 4) is 11.5 Å². The Morgan fingerprint density at radius 3 is 3.20 bits per heavy atom. The predicted molar refractivity (Wildman–Crippen MR) is 71.6 cm³/mol. The van der Waals surface area contributed by atoms with Crippen LogP contribution in [0.3, 0.4) is 0 Å². The molecular formula is C14H17N3O3. The predicted octanol–water partition coefficient (Wildman–Crippen LogP) is 2.08. The standard InChI is InChI=1S/C14H17N3O3/c1-2-5-15-12-7-19-13-6-10(3-4-11(12)13)18-8-14-16-9-20-17-14/h3-4,6,9,12,15H,2,5,7-8H2,1H3. The van der Waals surface area contributed by atoms with Gasteiger partial charge in [0.1, 0.15) is 18.1 Å². The summed E-state index contributed by atoms with van der Waals surface area (Å²) in [5.74, 6) is 2.14. The molecule has 1 aromatic heterocycles. The maximum absolute atomic E-state index is 5.69. The minimum atomic E-state index is 0.274. The van der Waals surface area contributed by atoms with Gasteiger partial charge in [-0.1, -0.05) is 12.1 Å². The first-order valence-electron chi connectivity index (χ1n) is 6.75. The molecule has 20 heavy (non-hydrogen) atoms. The van der Waals surface area contributed by atoms with Crippen LogP contribution in [0.1, 0.15) is 30.8 Å². The fourth-order valence-corrected chi connectivity index (χ4v) is 2.17. The van der Waals surface area contributed by atoms with Crippen molar-refractivity contribution in [2.24, 2.45) is 0 Å². The number of ether oxygens (including phenoxy) is 2. The lowest BCUT2D eigenvalue weighted by Crippen LogP contribution is -2.22. The zero-order valence-corrected chi connectivity index (χ0v) is 11.3. The summed E-state index contributed by atoms with van der Waals surface area (Å²) in [4.78, 5) is 3.91. The van der Waals surface area contributed by atoms with Gasteiger partial charge in [0, 0.05) is 11.6 Å². The molecule has 2 aromatic rings. The van der Waals surface area contributed by atoms with Gasteiger partial charge >= 0.3 is 0 Å². The molecule has 106 valence electrons. The molecule has 1 atom stereocenters. The lowest BCUT2D eigenvalue weighted by molar-refractivity contribution is 0.282. The van der Waals surface area contributed by atoms with E-state index < -0.39 is 0 Å². The molecule has 0 radical (unpaired) electrons. The van der Waals surface area contributed by atoms with Crippen molar-refractivity contribution < 1.29 is 14.0 Å². The quantitative estimate of drug-likeness (QED) is 0.870. The van der Waals surface area contributed by atoms with Crippen molar-refractivity contribution in [2.45, 2.75) is 26.0 Å². The van der Waals surface area contributed by atoms with Crippen molar-refractivity contribution in [3.63, 3.8) is 0 Å². The first-order chi connectivity index (χ1) is 9.86. The first-order valence-corrected chi connectivity index (χ1v) is 6.75. The van der Waals surface area contributed by atoms with E-state index in [-0.39, 0.29) is 12.6 Å². The monoisotopic (exact) mass is 275 g/mol. The average molecular weight is 275 g/mol. The van der Waals surface area contributed by atoms with Gasteiger partial charge in [0.15, 0.2) is 6.61 Å². The highest BCUT2D eigenvalue weighted by atomic mass is 16.5. The maximum Gasteiger partial charge on any atom is 0.213 e. The van der Waals surface area contributed by atoms with Crippen LogP contribution in [-0.2, 0) is 6.61 Å². The molecule has 6 heteroatoms. The zero-order valence-electron chi connectivity index (χ0n) is 11.3. The molecule has 1 N–H and O–H groups in total. The summed E-state index contributed by atoms with van der Waals surface area (Å²) in [7, 11) is 0. The summed E-state index contributed by atoms with van der Waals surface area (Å²) in [5.41, 5.74) is 1.19. The minimum Gasteiger partial charge on any atom is -0.491 e. The summed E-state index contributed by atoms with van der Waals surface area (Å²) in [5, 5.41) is 7.16. The highest BCUT2D eigenvalue weighted by molar-refractivity contribution is 5.45. The minimum absolute atomic E-state index is 0.274. The number of aromatic nitrogens is 2. The van der Waals surface area contributed by atoms with Crippen LogP contribution in [0.2, 0.25) is 0 Å². The van der Waals surface area contributed by atoms with Gasteiger partial charge in [-0.2, -0.15) is 4.98 Å². The molecule has 1 aliphatic heterocycles. The highest BCUT2D eigenvalue weighted by Crippen LogP contribution is 2.35. The lowest BCUT2D eigenvalue weighted by atomic mass is 10.1. The molecule has 0 amide bonds. The molecular weight excluding hydrogens is 258 g/mol. The molecule has 0 spiro atoms. The Balaban J connectivity index is 1.64. The van der Waals surface area contributed by atoms with Crippen molar-refractivity contribution in [2.75, 3.05) is 13.2 Å². The van der Waals surface area contributed by atoms with Crippen LogP contribution in [0, 0.1) is 0 Å². The van der Waals surface area contributed by atoms with Crippen LogP contribution in [-0.4, -0.2) is 23.3 Å². The molecule has 2 heterocycles. The van der Waals surface area contributed by atoms with E-state index in [1.165, 1.54) is 12.0 Å². The summed E-state index contributed by atoms with van der Waals surface area (Å²) in [6, 6.07) is 6.16. The van der Waals surface area contributed by atoms with Crippen LogP contribution >= 0.6 is 0 Å². The third-order valence-electron chi connectivity index (χ3n) is 3.18. The highest BCUT2D eigenvalue weighted by Gasteiger charge is 2.23. The molecule has 0 saturated heterocycles. The van der Waals surface area contributed by atoms with E-state index >= 15 is 0 Å². The first kappa shape index (κ1) is 12.9. The van der Waals surface area contributed by atoms with Crippen molar-refractivity contribution in [1.29, 1.82) is 0 Å². The number of rotatable bonds is 6. The largest absolute Gasteiger partial charge is 0.491 e. The Kier molecular flexibility index (Phi) is 3.83. The topological polar surface area (TPSA) is 69.4 Å². The Labute approximate surface area is 117 Å². The third-order valence-corrected chi connectivity index (χ3v) is 3.18. The SMILES string of the molecule is CCCNC1COc2cc(OCc3ncon3)ccc21. The number of fused-ring (bicyclic) bond motifs is 1. The number of benzene rings is 1. The van der Waals surface area contributed by atoms with Crippen LogP contribution in [0.4, 0.5) is 0 Å². The number of hydrogen-bond donors (Lipinski definition) is 1. The van der Waals surface area contributed by atoms with E-state index in [1.54, 1.807) is 0 Å². The zero-order chi connectivity index (χ0) is 13.8. The molecule has 0 aliphatic carbocycles. The fraction of sp³-hybridized carbons (Fsp3) is 0.429. The van der Waals surface area contributed by atoms with E-state index in [4.69, 9.17) is 9.47 Å². The van der Waals surface area contributed by atoms with Gasteiger partial charge in [-0.3, -0.25) is 0 Å². The van der Waals surface area contributed by atoms with Crippen LogP contribution < -0.4 is 14.8 Å². The summed E-state index contributed by atoms with van der Waals surface area (Å²) in [6.45, 7) is 4.10. The molecule has 0 bridgehead atoms. The summed E-state index contributed by atoms with van der Waals surface area (Å²) in [6.07, 6.45) is 2.40. The second-order valence-corrected chi connectivity index (χ2v) is 4.65. The van der Waals surface area contributed by atoms with Crippen molar-refractivity contribution in [3.05, 3.63) is 36.0 Å². The fourth-order valence-electron chi connectivity index (χ4n) is 2.17. The normalized spacial score (nSPS) is 16.8. The smallest absolute Gasteiger partial charge is 0.213 e. The summed E-state index contributed by atoms with van der Waals surface area (Å²) < 4.78 is 16.0. The van der Waals surface area contributed by atoms with Crippen LogP contribution in [0.25, 0.3) is 0 Å². The van der Waals surface area contributed by atoms with Crippen LogP contribution in [0.5, 0.6) is 11.5 Å². The molecule has 1 aromatic carbocycles. The van der Waals surface area contributed by atoms with Gasteiger partial charge in [0.05, 0.1) is 6.04 Å². The van der Waals surface area contributed by atoms with Crippen molar-refractivity contribution >= 4 is 0 Å². The van der Waals surface area contributed by atoms with E-state index in [9.17, 15) is 0 Å². The third kappa shape index (κ3) is 2.75. The number of nitrogens with one attached hydrogen (secondary N) is 1. The molecule has 0 fully saturated rings. The molecule has 3 rings (SSSR count). The van der Waals surface area contributed by atoms with Crippen LogP contribution in [0.15, 0.2) is 29.1 Å². The lowest BCUT2D eigenvalue weighted by Gasteiger charge is -2.10. The number of nitrogens with zero attached hydrogens (tertiary/aromatic N) is 2. The average Bonchev–Trinajstić information content (AvgIpc) is 3.12. The van der Waals surface area contributed by atoms with E-state index in [1.807, 2.05) is 18.2 Å². The van der Waals surface area contributed by atoms with Crippen molar-refractivity contribution in [1.82, 2.24) is 15.5 Å². The molecule has 0 saturated carbocycles. The van der Waals surface area contributed by atoms with Gasteiger partial charge in [-0.25, -0.2) is 0 Å². The summed E-state index contributed by atoms with van der Waals surface area (Å²) >= 11 is 0. The molecule has 6 nitrogen and oxygen atoms in total. The number of hydrogen-bond acceptors (Lipinski definition) is 6. The molecule has 1 aliphatic rings. The molecule has 1 unspecified atom stereocenters. The Morgan fingerprint density at radius 2 is 2.40 bits per heavy atom. The Bertz CT molecular complexity index is 557. The van der Waals surface area contributed by atoms with Gasteiger partial charge in [-0.15, -0.1) is 0 Å². The van der Waals surface area contributed by atoms with Gasteiger partial charge < -0.3 is 19.3 Å². The second kappa shape index (κ2) is 5.92.